The summed E-state index contributed by atoms with van der Waals surface area (Å²) in [7, 11) is 0. The summed E-state index contributed by atoms with van der Waals surface area (Å²) < 4.78 is 51.1. The van der Waals surface area contributed by atoms with Crippen molar-refractivity contribution in [2.24, 2.45) is 5.41 Å². The summed E-state index contributed by atoms with van der Waals surface area (Å²) in [6, 6.07) is 4.03. The lowest BCUT2D eigenvalue weighted by Gasteiger charge is -2.39. The van der Waals surface area contributed by atoms with Crippen LogP contribution in [0.1, 0.15) is 53.3 Å². The number of alkyl halides is 3. The predicted molar refractivity (Wildman–Crippen MR) is 146 cm³/mol. The standard InChI is InChI=1S/C28H34F3N7O3/c1-15-11-19(23(18(4)17(15)3)38-8-5-16(2)36-38)24(28(29,30)31)41-22-12-21(34-26(32)35-22)37-9-6-27(7-10-37)13-20(25(39)40)33-14-27/h5,8,11-12,20,24,33H,6-7,9-10,13-14H2,1-4H3,(H,39,40)(H2,32,34,35)/t20?,24-/m1/s1. The van der Waals surface area contributed by atoms with Gasteiger partial charge >= 0.3 is 12.1 Å². The fourth-order valence-electron chi connectivity index (χ4n) is 5.91. The number of aliphatic carboxylic acids is 1. The largest absolute Gasteiger partial charge is 0.480 e. The minimum absolute atomic E-state index is 0.0819. The fraction of sp³-hybridized carbons (Fsp3) is 0.500. The number of anilines is 2. The molecule has 10 nitrogen and oxygen atoms in total. The van der Waals surface area contributed by atoms with Crippen LogP contribution >= 0.6 is 0 Å². The lowest BCUT2D eigenvalue weighted by atomic mass is 9.76. The summed E-state index contributed by atoms with van der Waals surface area (Å²) in [6.07, 6.45) is -3.53. The molecule has 4 N–H and O–H groups in total. The molecule has 0 bridgehead atoms. The second kappa shape index (κ2) is 10.5. The molecule has 0 aliphatic carbocycles. The molecule has 0 radical (unpaired) electrons. The van der Waals surface area contributed by atoms with E-state index in [-0.39, 0.29) is 22.8 Å². The molecule has 2 aliphatic heterocycles. The summed E-state index contributed by atoms with van der Waals surface area (Å²) in [5.74, 6) is -0.990. The summed E-state index contributed by atoms with van der Waals surface area (Å²) in [5, 5.41) is 16.8. The Kier molecular flexibility index (Phi) is 7.35. The normalized spacial score (nSPS) is 19.5. The zero-order valence-electron chi connectivity index (χ0n) is 23.4. The molecular weight excluding hydrogens is 539 g/mol. The highest BCUT2D eigenvalue weighted by molar-refractivity contribution is 5.74. The monoisotopic (exact) mass is 573 g/mol. The third kappa shape index (κ3) is 5.67. The molecule has 4 heterocycles. The molecule has 2 fully saturated rings. The maximum atomic E-state index is 14.7. The summed E-state index contributed by atoms with van der Waals surface area (Å²) in [6.45, 7) is 8.87. The van der Waals surface area contributed by atoms with Gasteiger partial charge < -0.3 is 25.8 Å². The number of nitrogens with one attached hydrogen (secondary N) is 1. The van der Waals surface area contributed by atoms with E-state index in [0.717, 1.165) is 5.56 Å². The number of carbonyl (C=O) groups is 1. The highest BCUT2D eigenvalue weighted by Crippen LogP contribution is 2.43. The van der Waals surface area contributed by atoms with Gasteiger partial charge in [-0.25, -0.2) is 4.68 Å². The number of hydrogen-bond donors (Lipinski definition) is 3. The molecule has 2 aromatic heterocycles. The third-order valence-electron chi connectivity index (χ3n) is 8.44. The Morgan fingerprint density at radius 2 is 1.88 bits per heavy atom. The molecule has 0 amide bonds. The van der Waals surface area contributed by atoms with Gasteiger partial charge in [-0.1, -0.05) is 0 Å². The molecule has 2 saturated heterocycles. The van der Waals surface area contributed by atoms with E-state index < -0.39 is 24.3 Å². The molecule has 41 heavy (non-hydrogen) atoms. The second-order valence-electron chi connectivity index (χ2n) is 11.2. The third-order valence-corrected chi connectivity index (χ3v) is 8.44. The van der Waals surface area contributed by atoms with Gasteiger partial charge in [0.1, 0.15) is 11.9 Å². The zero-order valence-corrected chi connectivity index (χ0v) is 23.4. The van der Waals surface area contributed by atoms with E-state index in [9.17, 15) is 23.1 Å². The van der Waals surface area contributed by atoms with Crippen LogP contribution in [0.3, 0.4) is 0 Å². The van der Waals surface area contributed by atoms with E-state index >= 15 is 0 Å². The Morgan fingerprint density at radius 3 is 2.46 bits per heavy atom. The number of carboxylic acids is 1. The Labute approximate surface area is 235 Å². The number of nitrogens with zero attached hydrogens (tertiary/aromatic N) is 5. The van der Waals surface area contributed by atoms with Crippen molar-refractivity contribution >= 4 is 17.7 Å². The number of ether oxygens (including phenoxy) is 1. The van der Waals surface area contributed by atoms with Crippen LogP contribution in [-0.4, -0.2) is 62.7 Å². The van der Waals surface area contributed by atoms with Crippen molar-refractivity contribution in [1.82, 2.24) is 25.1 Å². The molecule has 1 aromatic carbocycles. The lowest BCUT2D eigenvalue weighted by Crippen LogP contribution is -2.41. The van der Waals surface area contributed by atoms with Gasteiger partial charge in [0.15, 0.2) is 0 Å². The van der Waals surface area contributed by atoms with Crippen LogP contribution in [0.5, 0.6) is 5.88 Å². The average molecular weight is 574 g/mol. The molecular formula is C28H34F3N7O3. The molecule has 1 spiro atoms. The molecule has 13 heteroatoms. The van der Waals surface area contributed by atoms with Crippen LogP contribution in [-0.2, 0) is 4.79 Å². The number of rotatable bonds is 6. The van der Waals surface area contributed by atoms with Gasteiger partial charge in [-0.2, -0.15) is 28.2 Å². The van der Waals surface area contributed by atoms with Crippen LogP contribution < -0.4 is 20.7 Å². The maximum absolute atomic E-state index is 14.7. The molecule has 1 unspecified atom stereocenters. The van der Waals surface area contributed by atoms with Crippen LogP contribution in [0.15, 0.2) is 24.4 Å². The number of hydrogen-bond acceptors (Lipinski definition) is 8. The molecule has 220 valence electrons. The second-order valence-corrected chi connectivity index (χ2v) is 11.2. The maximum Gasteiger partial charge on any atom is 0.429 e. The molecule has 2 aliphatic rings. The first-order chi connectivity index (χ1) is 19.3. The van der Waals surface area contributed by atoms with Gasteiger partial charge in [0.05, 0.1) is 11.4 Å². The number of carboxylic acid groups (broad SMARTS) is 1. The van der Waals surface area contributed by atoms with E-state index in [1.54, 1.807) is 33.0 Å². The Morgan fingerprint density at radius 1 is 1.17 bits per heavy atom. The molecule has 2 atom stereocenters. The SMILES string of the molecule is Cc1ccn(-c2c([C@@H](Oc3cc(N4CCC5(CC4)CNC(C(=O)O)C5)nc(N)n3)C(F)(F)F)cc(C)c(C)c2C)n1. The quantitative estimate of drug-likeness (QED) is 0.397. The van der Waals surface area contributed by atoms with Crippen molar-refractivity contribution in [3.63, 3.8) is 0 Å². The fourth-order valence-corrected chi connectivity index (χ4v) is 5.91. The predicted octanol–water partition coefficient (Wildman–Crippen LogP) is 4.19. The molecule has 0 saturated carbocycles. The van der Waals surface area contributed by atoms with Crippen LogP contribution in [0.25, 0.3) is 5.69 Å². The van der Waals surface area contributed by atoms with Crippen LogP contribution in [0, 0.1) is 33.1 Å². The number of nitrogen functional groups attached to an aromatic ring is 1. The zero-order chi connectivity index (χ0) is 29.7. The van der Waals surface area contributed by atoms with E-state index in [4.69, 9.17) is 10.5 Å². The van der Waals surface area contributed by atoms with Gasteiger partial charge in [0.25, 0.3) is 0 Å². The summed E-state index contributed by atoms with van der Waals surface area (Å²) >= 11 is 0. The van der Waals surface area contributed by atoms with Crippen LogP contribution in [0.2, 0.25) is 0 Å². The summed E-state index contributed by atoms with van der Waals surface area (Å²) in [4.78, 5) is 21.6. The first-order valence-electron chi connectivity index (χ1n) is 13.5. The minimum atomic E-state index is -4.78. The number of benzene rings is 1. The number of aromatic nitrogens is 4. The van der Waals surface area contributed by atoms with Crippen LogP contribution in [0.4, 0.5) is 24.9 Å². The van der Waals surface area contributed by atoms with Crippen molar-refractivity contribution in [3.05, 3.63) is 52.3 Å². The molecule has 5 rings (SSSR count). The van der Waals surface area contributed by atoms with Gasteiger partial charge in [-0.3, -0.25) is 4.79 Å². The summed E-state index contributed by atoms with van der Waals surface area (Å²) in [5.41, 5.74) is 8.92. The first kappa shape index (κ1) is 28.7. The molecule has 3 aromatic rings. The average Bonchev–Trinajstić information content (AvgIpc) is 3.51. The van der Waals surface area contributed by atoms with Gasteiger partial charge in [0.2, 0.25) is 17.9 Å². The number of nitrogens with two attached hydrogens (primary N) is 1. The highest BCUT2D eigenvalue weighted by Gasteiger charge is 2.46. The van der Waals surface area contributed by atoms with E-state index in [1.165, 1.54) is 16.8 Å². The first-order valence-corrected chi connectivity index (χ1v) is 13.5. The van der Waals surface area contributed by atoms with Crippen molar-refractivity contribution in [3.8, 4) is 11.6 Å². The van der Waals surface area contributed by atoms with Crippen molar-refractivity contribution < 1.29 is 27.8 Å². The smallest absolute Gasteiger partial charge is 0.429 e. The van der Waals surface area contributed by atoms with E-state index in [2.05, 4.69) is 20.4 Å². The Balaban J connectivity index is 1.45. The highest BCUT2D eigenvalue weighted by atomic mass is 19.4. The van der Waals surface area contributed by atoms with Gasteiger partial charge in [0, 0.05) is 37.5 Å². The van der Waals surface area contributed by atoms with Gasteiger partial charge in [-0.15, -0.1) is 0 Å². The topological polar surface area (TPSA) is 131 Å². The van der Waals surface area contributed by atoms with E-state index in [1.807, 2.05) is 11.8 Å². The number of halogens is 3. The van der Waals surface area contributed by atoms with Gasteiger partial charge in [-0.05, 0) is 81.2 Å². The Hall–Kier alpha value is -3.87. The van der Waals surface area contributed by atoms with Crippen molar-refractivity contribution in [2.45, 2.75) is 65.3 Å². The minimum Gasteiger partial charge on any atom is -0.480 e. The number of piperidine rings is 1. The van der Waals surface area contributed by atoms with Crippen molar-refractivity contribution in [2.75, 3.05) is 30.3 Å². The van der Waals surface area contributed by atoms with Crippen molar-refractivity contribution in [1.29, 1.82) is 0 Å². The van der Waals surface area contributed by atoms with E-state index in [0.29, 0.717) is 67.2 Å². The number of aryl methyl sites for hydroxylation is 2. The Bertz CT molecular complexity index is 1460. The lowest BCUT2D eigenvalue weighted by molar-refractivity contribution is -0.198.